The van der Waals surface area contributed by atoms with Gasteiger partial charge in [-0.2, -0.15) is 107 Å². The van der Waals surface area contributed by atoms with Crippen molar-refractivity contribution in [2.45, 2.75) is 62.8 Å². The fourth-order valence-corrected chi connectivity index (χ4v) is 9.93. The third-order valence-electron chi connectivity index (χ3n) is 9.70. The maximum Gasteiger partial charge on any atom is 0.315 e. The van der Waals surface area contributed by atoms with E-state index in [1.54, 1.807) is 84.1 Å². The van der Waals surface area contributed by atoms with Crippen LogP contribution in [0.3, 0.4) is 0 Å². The molecule has 0 aliphatic rings. The first kappa shape index (κ1) is 67.2. The summed E-state index contributed by atoms with van der Waals surface area (Å²) in [6.45, 7) is 13.7. The molecule has 0 fully saturated rings. The van der Waals surface area contributed by atoms with E-state index >= 15 is 0 Å². The number of aryl methyl sites for hydroxylation is 5. The van der Waals surface area contributed by atoms with Crippen LogP contribution in [-0.4, -0.2) is 31.2 Å². The fraction of sp³-hybridized carbons (Fsp3) is 0.148. The van der Waals surface area contributed by atoms with Gasteiger partial charge in [0.2, 0.25) is 5.01 Å². The molecular weight excluding hydrogens is 1310 g/mol. The number of thiazole rings is 1. The number of pyridine rings is 1. The van der Waals surface area contributed by atoms with E-state index in [0.29, 0.717) is 35.7 Å². The number of aromatic nitrogens is 2. The Morgan fingerprint density at radius 1 is 0.519 bits per heavy atom. The Hall–Kier alpha value is -4.05. The second kappa shape index (κ2) is 32.3. The first-order valence-corrected chi connectivity index (χ1v) is 28.3. The SMILES string of the molecule is C=C(N)SCOc1cc(C)cc(OS(=O)(=O)c2[c-]cccc2)c1.Cc1cc(OC[n+]2ccsc2C)cc(OS(=O)(=O)c2[c-]cccc2)c1.Cc1cc[n+](COc2cc(C)cc(OS(=O)(=O)c3[c-]cccc3)c2)cc1.[Y].[Y].[Y]. The van der Waals surface area contributed by atoms with E-state index in [-0.39, 0.29) is 136 Å². The fourth-order valence-electron chi connectivity index (χ4n) is 6.24. The molecule has 395 valence electrons. The van der Waals surface area contributed by atoms with Crippen LogP contribution in [0.4, 0.5) is 0 Å². The molecule has 0 bridgehead atoms. The summed E-state index contributed by atoms with van der Waals surface area (Å²) < 4.78 is 110. The van der Waals surface area contributed by atoms with Crippen LogP contribution in [0, 0.1) is 52.8 Å². The molecule has 8 rings (SSSR count). The summed E-state index contributed by atoms with van der Waals surface area (Å²) in [5.74, 6) is 2.41. The number of hydrogen-bond donors (Lipinski definition) is 1. The minimum absolute atomic E-state index is 0. The Labute approximate surface area is 535 Å². The van der Waals surface area contributed by atoms with Crippen LogP contribution in [0.2, 0.25) is 0 Å². The number of benzene rings is 6. The molecule has 8 aromatic rings. The number of rotatable bonds is 19. The molecule has 2 heterocycles. The molecule has 2 N–H and O–H groups in total. The smallest absolute Gasteiger partial charge is 0.315 e. The monoisotopic (exact) mass is 1360 g/mol. The molecule has 0 atom stereocenters. The third kappa shape index (κ3) is 22.6. The Kier molecular flexibility index (Phi) is 28.2. The third-order valence-corrected chi connectivity index (χ3v) is 14.8. The molecule has 0 aliphatic heterocycles. The second-order valence-corrected chi connectivity index (χ2v) is 22.6. The Bertz CT molecular complexity index is 3490. The predicted molar refractivity (Wildman–Crippen MR) is 281 cm³/mol. The maximum absolute atomic E-state index is 12.3. The van der Waals surface area contributed by atoms with Gasteiger partial charge < -0.3 is 32.5 Å². The van der Waals surface area contributed by atoms with Crippen molar-refractivity contribution in [3.63, 3.8) is 0 Å². The van der Waals surface area contributed by atoms with Gasteiger partial charge in [-0.25, -0.2) is 0 Å². The zero-order valence-corrected chi connectivity index (χ0v) is 55.2. The van der Waals surface area contributed by atoms with E-state index in [0.717, 1.165) is 27.3 Å². The summed E-state index contributed by atoms with van der Waals surface area (Å²) in [6.07, 6.45) is 5.76. The summed E-state index contributed by atoms with van der Waals surface area (Å²) in [6, 6.07) is 45.7. The molecule has 77 heavy (non-hydrogen) atoms. The van der Waals surface area contributed by atoms with Crippen LogP contribution in [0.25, 0.3) is 0 Å². The first-order chi connectivity index (χ1) is 35.2. The van der Waals surface area contributed by atoms with E-state index < -0.39 is 30.4 Å². The van der Waals surface area contributed by atoms with Crippen molar-refractivity contribution in [2.24, 2.45) is 5.73 Å². The van der Waals surface area contributed by atoms with Crippen LogP contribution in [0.1, 0.15) is 27.3 Å². The van der Waals surface area contributed by atoms with E-state index in [2.05, 4.69) is 24.8 Å². The minimum atomic E-state index is -3.94. The predicted octanol–water partition coefficient (Wildman–Crippen LogP) is 9.51. The molecule has 2 aromatic heterocycles. The first-order valence-electron chi connectivity index (χ1n) is 22.2. The average molecular weight is 1360 g/mol. The number of thioether (sulfide) groups is 1. The van der Waals surface area contributed by atoms with Gasteiger partial charge in [0.15, 0.2) is 18.6 Å². The quantitative estimate of drug-likeness (QED) is 0.0348. The molecule has 23 heteroatoms. The van der Waals surface area contributed by atoms with Gasteiger partial charge in [0.1, 0.15) is 40.4 Å². The molecule has 0 spiro atoms. The minimum Gasteiger partial charge on any atom is -0.482 e. The van der Waals surface area contributed by atoms with E-state index in [9.17, 15) is 25.3 Å². The molecule has 0 saturated carbocycles. The number of nitrogens with zero attached hydrogens (tertiary/aromatic N) is 2. The van der Waals surface area contributed by atoms with Gasteiger partial charge in [-0.1, -0.05) is 29.7 Å². The Balaban J connectivity index is 0.000000299. The van der Waals surface area contributed by atoms with Gasteiger partial charge in [-0.3, -0.25) is 0 Å². The molecule has 3 radical (unpaired) electrons. The molecule has 0 unspecified atom stereocenters. The van der Waals surface area contributed by atoms with Gasteiger partial charge >= 0.3 is 30.4 Å². The van der Waals surface area contributed by atoms with Gasteiger partial charge in [0, 0.05) is 135 Å². The van der Waals surface area contributed by atoms with Crippen molar-refractivity contribution in [1.82, 2.24) is 0 Å². The number of hydrogen-bond acceptors (Lipinski definition) is 15. The zero-order valence-electron chi connectivity index (χ0n) is 42.6. The van der Waals surface area contributed by atoms with Crippen molar-refractivity contribution in [1.29, 1.82) is 0 Å². The van der Waals surface area contributed by atoms with E-state index in [1.165, 1.54) is 54.2 Å². The molecular formula is C54H52N3O12S5Y3-. The molecule has 6 aromatic carbocycles. The Morgan fingerprint density at radius 3 is 1.25 bits per heavy atom. The van der Waals surface area contributed by atoms with Gasteiger partial charge in [-0.05, 0) is 101 Å². The topological polar surface area (TPSA) is 192 Å². The standard InChI is InChI=1S/C20H19NO4S.C18H17NO4S2.C16H16NO4S2.3Y/c1-16-8-10-21(11-9-16)15-24-18-12-17(2)13-19(14-18)25-26(22,23)20-6-4-3-5-7-20;1-14-10-16(22-13-19-8-9-24-15(19)2)12-17(11-14)23-25(20,21)18-6-4-3-5-7-18;1-12-8-14(20-11-22-13(2)17)10-15(9-12)21-23(18,19)16-6-4-3-5-7-16;;;/h3-6,8-14H,15H2,1-2H3;3-6,8-12H,13H2,1-2H3;3-6,8-10H,2,11,17H2,1H3;;;/q;;-1;;;. The molecule has 15 nitrogen and oxygen atoms in total. The van der Waals surface area contributed by atoms with Crippen LogP contribution >= 0.6 is 23.1 Å². The normalized spacial score (nSPS) is 10.7. The summed E-state index contributed by atoms with van der Waals surface area (Å²) >= 11 is 2.87. The van der Waals surface area contributed by atoms with Crippen molar-refractivity contribution < 1.29 is 159 Å². The molecule has 0 amide bonds. The molecule has 0 aliphatic carbocycles. The zero-order chi connectivity index (χ0) is 53.3. The summed E-state index contributed by atoms with van der Waals surface area (Å²) in [7, 11) is -11.8. The van der Waals surface area contributed by atoms with Crippen molar-refractivity contribution >= 4 is 53.5 Å². The van der Waals surface area contributed by atoms with Gasteiger partial charge in [0.05, 0.1) is 10.4 Å². The number of nitrogens with two attached hydrogens (primary N) is 1. The van der Waals surface area contributed by atoms with Crippen LogP contribution in [0.5, 0.6) is 34.5 Å². The van der Waals surface area contributed by atoms with Crippen molar-refractivity contribution in [3.05, 3.63) is 221 Å². The van der Waals surface area contributed by atoms with E-state index in [4.69, 9.17) is 32.5 Å². The van der Waals surface area contributed by atoms with Crippen LogP contribution in [-0.2, 0) is 142 Å². The van der Waals surface area contributed by atoms with Gasteiger partial charge in [-0.15, -0.1) is 18.2 Å². The summed E-state index contributed by atoms with van der Waals surface area (Å²) in [4.78, 5) is -0.0541. The van der Waals surface area contributed by atoms with E-state index in [1.807, 2.05) is 92.0 Å². The maximum atomic E-state index is 12.3. The van der Waals surface area contributed by atoms with Gasteiger partial charge in [0.25, 0.3) is 13.5 Å². The average Bonchev–Trinajstić information content (AvgIpc) is 3.77. The largest absolute Gasteiger partial charge is 0.482 e. The summed E-state index contributed by atoms with van der Waals surface area (Å²) in [5, 5.41) is 3.54. The Morgan fingerprint density at radius 2 is 0.896 bits per heavy atom. The van der Waals surface area contributed by atoms with Crippen LogP contribution < -0.4 is 41.6 Å². The number of ether oxygens (including phenoxy) is 3. The second-order valence-electron chi connectivity index (χ2n) is 15.9. The van der Waals surface area contributed by atoms with Crippen molar-refractivity contribution in [3.8, 4) is 34.5 Å². The van der Waals surface area contributed by atoms with Crippen LogP contribution in [0.15, 0.2) is 190 Å². The van der Waals surface area contributed by atoms with Crippen molar-refractivity contribution in [2.75, 3.05) is 5.94 Å². The molecule has 0 saturated heterocycles. The summed E-state index contributed by atoms with van der Waals surface area (Å²) in [5.41, 5.74) is 9.09.